The number of esters is 3. The number of allylic oxidation sites excluding steroid dienone is 24. The third-order valence-electron chi connectivity index (χ3n) is 10.5. The van der Waals surface area contributed by atoms with Crippen molar-refractivity contribution in [3.05, 3.63) is 146 Å². The number of hydrogen-bond acceptors (Lipinski definition) is 6. The lowest BCUT2D eigenvalue weighted by atomic mass is 10.1. The summed E-state index contributed by atoms with van der Waals surface area (Å²) < 4.78 is 16.7. The zero-order valence-electron chi connectivity index (χ0n) is 42.6. The first-order chi connectivity index (χ1) is 33.0. The average Bonchev–Trinajstić information content (AvgIpc) is 3.33. The number of carbonyl (C=O) groups is 3. The molecule has 6 heteroatoms. The Bertz CT molecular complexity index is 1530. The van der Waals surface area contributed by atoms with Crippen molar-refractivity contribution in [2.24, 2.45) is 0 Å². The molecule has 6 nitrogen and oxygen atoms in total. The zero-order chi connectivity index (χ0) is 48.6. The van der Waals surface area contributed by atoms with Gasteiger partial charge >= 0.3 is 17.9 Å². The molecule has 0 rings (SSSR count). The second-order valence-corrected chi connectivity index (χ2v) is 16.8. The number of rotatable bonds is 45. The third-order valence-corrected chi connectivity index (χ3v) is 10.5. The van der Waals surface area contributed by atoms with E-state index in [2.05, 4.69) is 93.7 Å². The first-order valence-electron chi connectivity index (χ1n) is 26.4. The van der Waals surface area contributed by atoms with Crippen molar-refractivity contribution < 1.29 is 28.6 Å². The summed E-state index contributed by atoms with van der Waals surface area (Å²) in [4.78, 5) is 38.0. The molecule has 0 aromatic rings. The van der Waals surface area contributed by atoms with Crippen LogP contribution in [0.2, 0.25) is 0 Å². The summed E-state index contributed by atoms with van der Waals surface area (Å²) in [6, 6.07) is 0. The van der Waals surface area contributed by atoms with Crippen molar-refractivity contribution in [2.75, 3.05) is 13.2 Å². The van der Waals surface area contributed by atoms with Crippen LogP contribution in [0, 0.1) is 0 Å². The Labute approximate surface area is 410 Å². The smallest absolute Gasteiger partial charge is 0.306 e. The fraction of sp³-hybridized carbons (Fsp3) is 0.557. The highest BCUT2D eigenvalue weighted by Crippen LogP contribution is 2.12. The van der Waals surface area contributed by atoms with Crippen LogP contribution < -0.4 is 0 Å². The van der Waals surface area contributed by atoms with Gasteiger partial charge in [-0.25, -0.2) is 0 Å². The second-order valence-electron chi connectivity index (χ2n) is 16.8. The summed E-state index contributed by atoms with van der Waals surface area (Å²) in [6.07, 6.45) is 76.8. The van der Waals surface area contributed by atoms with Crippen molar-refractivity contribution in [1.82, 2.24) is 0 Å². The van der Waals surface area contributed by atoms with Crippen molar-refractivity contribution in [1.29, 1.82) is 0 Å². The maximum Gasteiger partial charge on any atom is 0.306 e. The summed E-state index contributed by atoms with van der Waals surface area (Å²) in [5.41, 5.74) is 0. The second kappa shape index (κ2) is 53.9. The molecular formula is C61H94O6. The molecule has 0 aromatic heterocycles. The highest BCUT2D eigenvalue weighted by atomic mass is 16.6. The first kappa shape index (κ1) is 62.3. The van der Waals surface area contributed by atoms with Gasteiger partial charge in [-0.1, -0.05) is 224 Å². The van der Waals surface area contributed by atoms with E-state index in [-0.39, 0.29) is 44.0 Å². The minimum Gasteiger partial charge on any atom is -0.462 e. The Morgan fingerprint density at radius 1 is 0.328 bits per heavy atom. The molecule has 0 radical (unpaired) electrons. The number of carbonyl (C=O) groups excluding carboxylic acids is 3. The minimum atomic E-state index is -0.826. The number of ether oxygens (including phenoxy) is 3. The predicted octanol–water partition coefficient (Wildman–Crippen LogP) is 17.6. The average molecular weight is 923 g/mol. The lowest BCUT2D eigenvalue weighted by Crippen LogP contribution is -2.30. The quantitative estimate of drug-likeness (QED) is 0.0199. The molecule has 0 heterocycles. The van der Waals surface area contributed by atoms with E-state index in [1.807, 2.05) is 72.9 Å². The molecule has 0 amide bonds. The van der Waals surface area contributed by atoms with Gasteiger partial charge in [0.1, 0.15) is 13.2 Å². The van der Waals surface area contributed by atoms with Gasteiger partial charge in [-0.2, -0.15) is 0 Å². The van der Waals surface area contributed by atoms with Crippen LogP contribution >= 0.6 is 0 Å². The van der Waals surface area contributed by atoms with Gasteiger partial charge in [0.25, 0.3) is 0 Å². The van der Waals surface area contributed by atoms with Gasteiger partial charge in [0.05, 0.1) is 0 Å². The molecule has 0 N–H and O–H groups in total. The fourth-order valence-electron chi connectivity index (χ4n) is 6.59. The van der Waals surface area contributed by atoms with Gasteiger partial charge in [0.2, 0.25) is 0 Å². The van der Waals surface area contributed by atoms with Crippen molar-refractivity contribution in [2.45, 2.75) is 207 Å². The SMILES string of the molecule is CC\C=C/C=C\C=C/C=C\C=C\C=C/C=C\CCCCCC(=O)OCC(COC(=O)CCCCC/C=C\CCCCCCCCC)OC(=O)CCCCC/C=C\C/C=C\C/C=C\C/C=C\CC. The van der Waals surface area contributed by atoms with Crippen LogP contribution in [-0.4, -0.2) is 37.2 Å². The summed E-state index contributed by atoms with van der Waals surface area (Å²) in [6.45, 7) is 6.27. The van der Waals surface area contributed by atoms with Crippen molar-refractivity contribution in [3.63, 3.8) is 0 Å². The topological polar surface area (TPSA) is 78.9 Å². The Hall–Kier alpha value is -4.71. The van der Waals surface area contributed by atoms with Crippen LogP contribution in [0.3, 0.4) is 0 Å². The maximum atomic E-state index is 12.8. The highest BCUT2D eigenvalue weighted by molar-refractivity contribution is 5.71. The van der Waals surface area contributed by atoms with Gasteiger partial charge < -0.3 is 14.2 Å². The van der Waals surface area contributed by atoms with E-state index in [4.69, 9.17) is 14.2 Å². The Morgan fingerprint density at radius 3 is 1.10 bits per heavy atom. The summed E-state index contributed by atoms with van der Waals surface area (Å²) in [5.74, 6) is -1.02. The number of unbranched alkanes of at least 4 members (excludes halogenated alkanes) is 16. The normalized spacial score (nSPS) is 13.3. The molecule has 0 saturated heterocycles. The van der Waals surface area contributed by atoms with Crippen LogP contribution in [0.25, 0.3) is 0 Å². The van der Waals surface area contributed by atoms with Gasteiger partial charge in [0.15, 0.2) is 6.10 Å². The standard InChI is InChI=1S/C61H94O6/c1-4-7-10-13-16-19-22-25-28-30-31-32-34-36-39-42-45-48-51-54-60(63)66-57-58(56-65-59(62)53-50-47-44-41-38-35-27-24-21-18-15-12-9-6-3)67-61(64)55-52-49-46-43-40-37-33-29-26-23-20-17-14-11-8-5-2/h7-8,10-11,13,16-17,19-20,22,25-26,28-32,34-40,58H,4-6,9,12,14-15,18,21,23-24,27,33,41-57H2,1-3H3/b10-7-,11-8-,16-13-,20-17-,22-19-,28-25-,29-26-,31-30+,34-32-,38-35-,39-36-,40-37-. The largest absolute Gasteiger partial charge is 0.462 e. The van der Waals surface area contributed by atoms with Crippen LogP contribution in [-0.2, 0) is 28.6 Å². The summed E-state index contributed by atoms with van der Waals surface area (Å²) in [7, 11) is 0. The van der Waals surface area contributed by atoms with Crippen molar-refractivity contribution >= 4 is 17.9 Å². The lowest BCUT2D eigenvalue weighted by Gasteiger charge is -2.18. The molecule has 374 valence electrons. The Morgan fingerprint density at radius 2 is 0.657 bits per heavy atom. The summed E-state index contributed by atoms with van der Waals surface area (Å²) in [5, 5.41) is 0. The molecule has 0 aromatic carbocycles. The van der Waals surface area contributed by atoms with Crippen LogP contribution in [0.15, 0.2) is 146 Å². The molecule has 0 aliphatic rings. The molecule has 0 aliphatic heterocycles. The zero-order valence-corrected chi connectivity index (χ0v) is 42.6. The van der Waals surface area contributed by atoms with Crippen LogP contribution in [0.4, 0.5) is 0 Å². The van der Waals surface area contributed by atoms with Gasteiger partial charge in [-0.15, -0.1) is 0 Å². The number of hydrogen-bond donors (Lipinski definition) is 0. The van der Waals surface area contributed by atoms with Gasteiger partial charge in [0, 0.05) is 19.3 Å². The van der Waals surface area contributed by atoms with Crippen LogP contribution in [0.1, 0.15) is 201 Å². The van der Waals surface area contributed by atoms with E-state index < -0.39 is 6.10 Å². The molecule has 0 spiro atoms. The van der Waals surface area contributed by atoms with E-state index in [1.54, 1.807) is 0 Å². The molecule has 0 fully saturated rings. The molecule has 1 unspecified atom stereocenters. The minimum absolute atomic E-state index is 0.120. The van der Waals surface area contributed by atoms with Gasteiger partial charge in [-0.05, 0) is 103 Å². The van der Waals surface area contributed by atoms with E-state index in [9.17, 15) is 14.4 Å². The molecule has 0 aliphatic carbocycles. The lowest BCUT2D eigenvalue weighted by molar-refractivity contribution is -0.167. The van der Waals surface area contributed by atoms with Crippen molar-refractivity contribution in [3.8, 4) is 0 Å². The molecule has 1 atom stereocenters. The van der Waals surface area contributed by atoms with Gasteiger partial charge in [-0.3, -0.25) is 14.4 Å². The molecular weight excluding hydrogens is 829 g/mol. The van der Waals surface area contributed by atoms with E-state index >= 15 is 0 Å². The fourth-order valence-corrected chi connectivity index (χ4v) is 6.59. The summed E-state index contributed by atoms with van der Waals surface area (Å²) >= 11 is 0. The molecule has 0 bridgehead atoms. The molecule has 67 heavy (non-hydrogen) atoms. The molecule has 0 saturated carbocycles. The van der Waals surface area contributed by atoms with Crippen LogP contribution in [0.5, 0.6) is 0 Å². The van der Waals surface area contributed by atoms with E-state index in [1.165, 1.54) is 44.9 Å². The monoisotopic (exact) mass is 923 g/mol. The maximum absolute atomic E-state index is 12.8. The predicted molar refractivity (Wildman–Crippen MR) is 288 cm³/mol. The Kier molecular flexibility index (Phi) is 50.1. The van der Waals surface area contributed by atoms with E-state index in [0.717, 1.165) is 103 Å². The Balaban J connectivity index is 4.60. The van der Waals surface area contributed by atoms with E-state index in [0.29, 0.717) is 19.3 Å². The highest BCUT2D eigenvalue weighted by Gasteiger charge is 2.19. The third kappa shape index (κ3) is 52.1. The first-order valence-corrected chi connectivity index (χ1v) is 26.4.